The van der Waals surface area contributed by atoms with E-state index in [1.54, 1.807) is 11.0 Å². The molecule has 1 aromatic carbocycles. The van der Waals surface area contributed by atoms with Gasteiger partial charge in [0, 0.05) is 26.2 Å². The Balaban J connectivity index is 1.61. The third kappa shape index (κ3) is 3.82. The fraction of sp³-hybridized carbons (Fsp3) is 0.312. The molecule has 2 heterocycles. The molecule has 0 bridgehead atoms. The molecule has 0 radical (unpaired) electrons. The summed E-state index contributed by atoms with van der Waals surface area (Å²) in [5.74, 6) is -0.607. The topological polar surface area (TPSA) is 57.7 Å². The highest BCUT2D eigenvalue weighted by molar-refractivity contribution is 7.88. The summed E-state index contributed by atoms with van der Waals surface area (Å²) in [6.07, 6.45) is 0. The van der Waals surface area contributed by atoms with Gasteiger partial charge in [-0.2, -0.15) is 4.31 Å². The third-order valence-electron chi connectivity index (χ3n) is 3.91. The Kier molecular flexibility index (Phi) is 4.98. The summed E-state index contributed by atoms with van der Waals surface area (Å²) in [6, 6.07) is 9.05. The van der Waals surface area contributed by atoms with Crippen molar-refractivity contribution in [2.24, 2.45) is 0 Å². The van der Waals surface area contributed by atoms with E-state index in [4.69, 9.17) is 0 Å². The summed E-state index contributed by atoms with van der Waals surface area (Å²) >= 11 is 1.38. The largest absolute Gasteiger partial charge is 0.335 e. The van der Waals surface area contributed by atoms with Gasteiger partial charge in [-0.05, 0) is 29.1 Å². The van der Waals surface area contributed by atoms with Crippen molar-refractivity contribution in [3.05, 3.63) is 58.0 Å². The number of nitrogens with zero attached hydrogens (tertiary/aromatic N) is 2. The number of hydrogen-bond donors (Lipinski definition) is 0. The predicted molar refractivity (Wildman–Crippen MR) is 90.8 cm³/mol. The Bertz CT molecular complexity index is 796. The molecule has 3 rings (SSSR count). The van der Waals surface area contributed by atoms with Crippen LogP contribution in [0.3, 0.4) is 0 Å². The lowest BCUT2D eigenvalue weighted by Gasteiger charge is -2.33. The molecule has 128 valence electrons. The Morgan fingerprint density at radius 2 is 1.75 bits per heavy atom. The van der Waals surface area contributed by atoms with E-state index in [-0.39, 0.29) is 24.7 Å². The van der Waals surface area contributed by atoms with E-state index in [9.17, 15) is 17.6 Å². The second kappa shape index (κ2) is 7.00. The maximum atomic E-state index is 12.9. The second-order valence-electron chi connectivity index (χ2n) is 5.55. The molecular formula is C16H17FN2O3S2. The molecule has 5 nitrogen and oxygen atoms in total. The van der Waals surface area contributed by atoms with Crippen molar-refractivity contribution in [3.63, 3.8) is 0 Å². The standard InChI is InChI=1S/C16H17FN2O3S2/c17-14-5-3-13(4-6-14)12-24(21,22)19-9-7-18(8-10-19)16(20)15-2-1-11-23-15/h1-6,11H,7-10,12H2. The molecule has 0 saturated carbocycles. The predicted octanol–water partition coefficient (Wildman–Crippen LogP) is 2.17. The summed E-state index contributed by atoms with van der Waals surface area (Å²) in [7, 11) is -3.48. The van der Waals surface area contributed by atoms with Crippen LogP contribution in [0.2, 0.25) is 0 Å². The van der Waals surface area contributed by atoms with Gasteiger partial charge in [-0.15, -0.1) is 11.3 Å². The summed E-state index contributed by atoms with van der Waals surface area (Å²) in [5, 5.41) is 1.84. The highest BCUT2D eigenvalue weighted by Gasteiger charge is 2.29. The summed E-state index contributed by atoms with van der Waals surface area (Å²) in [5.41, 5.74) is 0.550. The molecule has 1 fully saturated rings. The molecule has 1 aliphatic rings. The number of carbonyl (C=O) groups is 1. The van der Waals surface area contributed by atoms with Gasteiger partial charge in [-0.25, -0.2) is 12.8 Å². The summed E-state index contributed by atoms with van der Waals surface area (Å²) < 4.78 is 39.3. The van der Waals surface area contributed by atoms with Crippen LogP contribution in [-0.2, 0) is 15.8 Å². The smallest absolute Gasteiger partial charge is 0.264 e. The van der Waals surface area contributed by atoms with Gasteiger partial charge in [-0.1, -0.05) is 18.2 Å². The number of hydrogen-bond acceptors (Lipinski definition) is 4. The number of benzene rings is 1. The van der Waals surface area contributed by atoms with Crippen LogP contribution in [0.25, 0.3) is 0 Å². The first-order valence-corrected chi connectivity index (χ1v) is 10.00. The maximum Gasteiger partial charge on any atom is 0.264 e. The van der Waals surface area contributed by atoms with Gasteiger partial charge in [0.1, 0.15) is 5.82 Å². The van der Waals surface area contributed by atoms with Gasteiger partial charge >= 0.3 is 0 Å². The van der Waals surface area contributed by atoms with Crippen molar-refractivity contribution < 1.29 is 17.6 Å². The van der Waals surface area contributed by atoms with Crippen LogP contribution < -0.4 is 0 Å². The monoisotopic (exact) mass is 368 g/mol. The highest BCUT2D eigenvalue weighted by Crippen LogP contribution is 2.17. The second-order valence-corrected chi connectivity index (χ2v) is 8.47. The molecule has 0 unspecified atom stereocenters. The lowest BCUT2D eigenvalue weighted by Crippen LogP contribution is -2.50. The van der Waals surface area contributed by atoms with E-state index in [1.165, 1.54) is 39.9 Å². The number of piperazine rings is 1. The van der Waals surface area contributed by atoms with Gasteiger partial charge in [0.15, 0.2) is 0 Å². The minimum Gasteiger partial charge on any atom is -0.335 e. The van der Waals surface area contributed by atoms with Crippen molar-refractivity contribution >= 4 is 27.3 Å². The zero-order valence-electron chi connectivity index (χ0n) is 12.9. The third-order valence-corrected chi connectivity index (χ3v) is 6.62. The molecule has 0 aliphatic carbocycles. The molecule has 1 aromatic heterocycles. The zero-order valence-corrected chi connectivity index (χ0v) is 14.5. The van der Waals surface area contributed by atoms with Crippen LogP contribution in [0.4, 0.5) is 4.39 Å². The minimum atomic E-state index is -3.48. The molecule has 1 amide bonds. The van der Waals surface area contributed by atoms with Crippen molar-refractivity contribution in [1.29, 1.82) is 0 Å². The van der Waals surface area contributed by atoms with Crippen molar-refractivity contribution in [3.8, 4) is 0 Å². The number of sulfonamides is 1. The molecule has 24 heavy (non-hydrogen) atoms. The van der Waals surface area contributed by atoms with E-state index in [2.05, 4.69) is 0 Å². The van der Waals surface area contributed by atoms with Crippen LogP contribution in [0.15, 0.2) is 41.8 Å². The van der Waals surface area contributed by atoms with Crippen LogP contribution in [0.5, 0.6) is 0 Å². The normalized spacial score (nSPS) is 16.3. The molecule has 0 atom stereocenters. The Hall–Kier alpha value is -1.77. The first-order chi connectivity index (χ1) is 11.5. The average molecular weight is 368 g/mol. The molecule has 8 heteroatoms. The first kappa shape index (κ1) is 17.1. The molecule has 2 aromatic rings. The van der Waals surface area contributed by atoms with Crippen LogP contribution >= 0.6 is 11.3 Å². The van der Waals surface area contributed by atoms with Crippen molar-refractivity contribution in [1.82, 2.24) is 9.21 Å². The van der Waals surface area contributed by atoms with Gasteiger partial charge in [0.05, 0.1) is 10.6 Å². The van der Waals surface area contributed by atoms with Crippen molar-refractivity contribution in [2.45, 2.75) is 5.75 Å². The quantitative estimate of drug-likeness (QED) is 0.831. The van der Waals surface area contributed by atoms with Gasteiger partial charge < -0.3 is 4.90 Å². The van der Waals surface area contributed by atoms with Gasteiger partial charge in [0.25, 0.3) is 5.91 Å². The van der Waals surface area contributed by atoms with Crippen LogP contribution in [-0.4, -0.2) is 49.7 Å². The van der Waals surface area contributed by atoms with Gasteiger partial charge in [-0.3, -0.25) is 4.79 Å². The average Bonchev–Trinajstić information content (AvgIpc) is 3.11. The molecule has 1 saturated heterocycles. The van der Waals surface area contributed by atoms with E-state index >= 15 is 0 Å². The fourth-order valence-corrected chi connectivity index (χ4v) is 4.81. The maximum absolute atomic E-state index is 12.9. The van der Waals surface area contributed by atoms with Crippen LogP contribution in [0, 0.1) is 5.82 Å². The first-order valence-electron chi connectivity index (χ1n) is 7.51. The molecule has 0 N–H and O–H groups in total. The van der Waals surface area contributed by atoms with Crippen LogP contribution in [0.1, 0.15) is 15.2 Å². The zero-order chi connectivity index (χ0) is 17.2. The molecular weight excluding hydrogens is 351 g/mol. The van der Waals surface area contributed by atoms with E-state index < -0.39 is 15.8 Å². The lowest BCUT2D eigenvalue weighted by molar-refractivity contribution is 0.0702. The van der Waals surface area contributed by atoms with Crippen molar-refractivity contribution in [2.75, 3.05) is 26.2 Å². The van der Waals surface area contributed by atoms with E-state index in [1.807, 2.05) is 11.4 Å². The molecule has 1 aliphatic heterocycles. The SMILES string of the molecule is O=C(c1cccs1)N1CCN(S(=O)(=O)Cc2ccc(F)cc2)CC1. The summed E-state index contributed by atoms with van der Waals surface area (Å²) in [6.45, 7) is 1.31. The number of carbonyl (C=O) groups excluding carboxylic acids is 1. The number of thiophene rings is 1. The Morgan fingerprint density at radius 3 is 2.33 bits per heavy atom. The Morgan fingerprint density at radius 1 is 1.08 bits per heavy atom. The fourth-order valence-electron chi connectivity index (χ4n) is 2.61. The lowest BCUT2D eigenvalue weighted by atomic mass is 10.2. The minimum absolute atomic E-state index is 0.0550. The number of amides is 1. The van der Waals surface area contributed by atoms with E-state index in [0.29, 0.717) is 23.5 Å². The Labute approximate surface area is 144 Å². The highest BCUT2D eigenvalue weighted by atomic mass is 32.2. The number of rotatable bonds is 4. The number of halogens is 1. The molecule has 0 spiro atoms. The van der Waals surface area contributed by atoms with E-state index in [0.717, 1.165) is 0 Å². The summed E-state index contributed by atoms with van der Waals surface area (Å²) in [4.78, 5) is 14.6. The van der Waals surface area contributed by atoms with Gasteiger partial charge in [0.2, 0.25) is 10.0 Å².